The van der Waals surface area contributed by atoms with Crippen molar-refractivity contribution < 1.29 is 18.3 Å². The quantitative estimate of drug-likeness (QED) is 0.829. The third-order valence-corrected chi connectivity index (χ3v) is 3.97. The SMILES string of the molecule is CC1CN(C(=O)C2CCC(F)(F)CC2)CC(CN)O1. The van der Waals surface area contributed by atoms with Crippen molar-refractivity contribution in [2.24, 2.45) is 11.7 Å². The number of ether oxygens (including phenoxy) is 1. The van der Waals surface area contributed by atoms with Crippen LogP contribution in [0.25, 0.3) is 0 Å². The summed E-state index contributed by atoms with van der Waals surface area (Å²) >= 11 is 0. The van der Waals surface area contributed by atoms with Gasteiger partial charge in [0.25, 0.3) is 0 Å². The lowest BCUT2D eigenvalue weighted by atomic mass is 9.85. The van der Waals surface area contributed by atoms with Crippen LogP contribution in [0.5, 0.6) is 0 Å². The van der Waals surface area contributed by atoms with Gasteiger partial charge >= 0.3 is 0 Å². The lowest BCUT2D eigenvalue weighted by Gasteiger charge is -2.39. The molecule has 2 aliphatic rings. The molecule has 2 unspecified atom stereocenters. The Morgan fingerprint density at radius 1 is 1.37 bits per heavy atom. The van der Waals surface area contributed by atoms with E-state index in [1.54, 1.807) is 4.90 Å². The molecule has 4 nitrogen and oxygen atoms in total. The number of amides is 1. The van der Waals surface area contributed by atoms with Crippen LogP contribution in [-0.2, 0) is 9.53 Å². The van der Waals surface area contributed by atoms with Crippen LogP contribution in [0.2, 0.25) is 0 Å². The number of rotatable bonds is 2. The Morgan fingerprint density at radius 2 is 2.00 bits per heavy atom. The van der Waals surface area contributed by atoms with Gasteiger partial charge in [-0.3, -0.25) is 4.79 Å². The predicted molar refractivity (Wildman–Crippen MR) is 66.9 cm³/mol. The van der Waals surface area contributed by atoms with E-state index in [1.807, 2.05) is 6.92 Å². The van der Waals surface area contributed by atoms with Gasteiger partial charge in [0, 0.05) is 38.4 Å². The molecular weight excluding hydrogens is 254 g/mol. The second-order valence-electron chi connectivity index (χ2n) is 5.68. The molecule has 19 heavy (non-hydrogen) atoms. The Labute approximate surface area is 112 Å². The minimum atomic E-state index is -2.59. The number of nitrogens with zero attached hydrogens (tertiary/aromatic N) is 1. The van der Waals surface area contributed by atoms with E-state index in [1.165, 1.54) is 0 Å². The van der Waals surface area contributed by atoms with Gasteiger partial charge in [-0.2, -0.15) is 0 Å². The molecule has 0 spiro atoms. The topological polar surface area (TPSA) is 55.6 Å². The van der Waals surface area contributed by atoms with Crippen LogP contribution in [-0.4, -0.2) is 48.6 Å². The molecule has 2 atom stereocenters. The number of nitrogens with two attached hydrogens (primary N) is 1. The largest absolute Gasteiger partial charge is 0.370 e. The second kappa shape index (κ2) is 5.71. The lowest BCUT2D eigenvalue weighted by Crippen LogP contribution is -2.53. The first kappa shape index (κ1) is 14.7. The van der Waals surface area contributed by atoms with Gasteiger partial charge in [0.2, 0.25) is 11.8 Å². The van der Waals surface area contributed by atoms with E-state index < -0.39 is 5.92 Å². The molecule has 0 aromatic heterocycles. The Morgan fingerprint density at radius 3 is 2.58 bits per heavy atom. The first-order chi connectivity index (χ1) is 8.91. The highest BCUT2D eigenvalue weighted by Crippen LogP contribution is 2.37. The fraction of sp³-hybridized carbons (Fsp3) is 0.923. The van der Waals surface area contributed by atoms with Crippen molar-refractivity contribution in [2.45, 2.75) is 50.7 Å². The van der Waals surface area contributed by atoms with E-state index in [4.69, 9.17) is 10.5 Å². The van der Waals surface area contributed by atoms with Gasteiger partial charge in [-0.15, -0.1) is 0 Å². The summed E-state index contributed by atoms with van der Waals surface area (Å²) < 4.78 is 31.8. The number of carbonyl (C=O) groups excluding carboxylic acids is 1. The maximum atomic E-state index is 13.1. The molecule has 0 bridgehead atoms. The Balaban J connectivity index is 1.92. The minimum Gasteiger partial charge on any atom is -0.370 e. The molecular formula is C13H22F2N2O2. The fourth-order valence-electron chi connectivity index (χ4n) is 2.90. The van der Waals surface area contributed by atoms with Gasteiger partial charge in [0.05, 0.1) is 12.2 Å². The molecule has 1 saturated heterocycles. The molecule has 2 rings (SSSR count). The highest BCUT2D eigenvalue weighted by molar-refractivity contribution is 5.79. The standard InChI is InChI=1S/C13H22F2N2O2/c1-9-7-17(8-11(6-16)19-9)12(18)10-2-4-13(14,15)5-3-10/h9-11H,2-8,16H2,1H3. The van der Waals surface area contributed by atoms with Crippen molar-refractivity contribution in [3.05, 3.63) is 0 Å². The van der Waals surface area contributed by atoms with Crippen LogP contribution >= 0.6 is 0 Å². The summed E-state index contributed by atoms with van der Waals surface area (Å²) in [6, 6.07) is 0. The molecule has 2 fully saturated rings. The maximum absolute atomic E-state index is 13.1. The van der Waals surface area contributed by atoms with Crippen molar-refractivity contribution in [3.63, 3.8) is 0 Å². The number of carbonyl (C=O) groups is 1. The summed E-state index contributed by atoms with van der Waals surface area (Å²) in [6.45, 7) is 3.28. The maximum Gasteiger partial charge on any atom is 0.248 e. The van der Waals surface area contributed by atoms with Crippen LogP contribution in [0, 0.1) is 5.92 Å². The van der Waals surface area contributed by atoms with Gasteiger partial charge in [-0.05, 0) is 19.8 Å². The fourth-order valence-corrected chi connectivity index (χ4v) is 2.90. The van der Waals surface area contributed by atoms with Crippen molar-refractivity contribution in [1.29, 1.82) is 0 Å². The van der Waals surface area contributed by atoms with Gasteiger partial charge in [0.1, 0.15) is 0 Å². The van der Waals surface area contributed by atoms with Crippen LogP contribution in [0.15, 0.2) is 0 Å². The molecule has 1 heterocycles. The average molecular weight is 276 g/mol. The van der Waals surface area contributed by atoms with E-state index in [-0.39, 0.29) is 49.7 Å². The Kier molecular flexibility index (Phi) is 4.40. The van der Waals surface area contributed by atoms with Crippen molar-refractivity contribution in [3.8, 4) is 0 Å². The molecule has 1 saturated carbocycles. The summed E-state index contributed by atoms with van der Waals surface area (Å²) in [6.07, 6.45) is 0.0252. The summed E-state index contributed by atoms with van der Waals surface area (Å²) in [5.74, 6) is -2.86. The number of hydrogen-bond acceptors (Lipinski definition) is 3. The smallest absolute Gasteiger partial charge is 0.248 e. The summed E-state index contributed by atoms with van der Waals surface area (Å²) in [5, 5.41) is 0. The molecule has 0 radical (unpaired) electrons. The summed E-state index contributed by atoms with van der Waals surface area (Å²) in [4.78, 5) is 14.1. The number of alkyl halides is 2. The second-order valence-corrected chi connectivity index (χ2v) is 5.68. The number of hydrogen-bond donors (Lipinski definition) is 1. The van der Waals surface area contributed by atoms with Crippen LogP contribution < -0.4 is 5.73 Å². The zero-order valence-electron chi connectivity index (χ0n) is 11.3. The molecule has 6 heteroatoms. The first-order valence-corrected chi connectivity index (χ1v) is 6.93. The minimum absolute atomic E-state index is 0.0101. The highest BCUT2D eigenvalue weighted by atomic mass is 19.3. The Bertz CT molecular complexity index is 329. The van der Waals surface area contributed by atoms with Gasteiger partial charge < -0.3 is 15.4 Å². The zero-order valence-corrected chi connectivity index (χ0v) is 11.3. The summed E-state index contributed by atoms with van der Waals surface area (Å²) in [5.41, 5.74) is 5.58. The van der Waals surface area contributed by atoms with Crippen LogP contribution in [0.3, 0.4) is 0 Å². The van der Waals surface area contributed by atoms with E-state index in [0.717, 1.165) is 0 Å². The van der Waals surface area contributed by atoms with E-state index >= 15 is 0 Å². The lowest BCUT2D eigenvalue weighted by molar-refractivity contribution is -0.151. The van der Waals surface area contributed by atoms with Gasteiger partial charge in [-0.1, -0.05) is 0 Å². The van der Waals surface area contributed by atoms with E-state index in [0.29, 0.717) is 19.6 Å². The van der Waals surface area contributed by atoms with Gasteiger partial charge in [0.15, 0.2) is 0 Å². The van der Waals surface area contributed by atoms with Crippen LogP contribution in [0.4, 0.5) is 8.78 Å². The highest BCUT2D eigenvalue weighted by Gasteiger charge is 2.39. The molecule has 110 valence electrons. The third-order valence-electron chi connectivity index (χ3n) is 3.97. The average Bonchev–Trinajstić information content (AvgIpc) is 2.37. The van der Waals surface area contributed by atoms with Gasteiger partial charge in [-0.25, -0.2) is 8.78 Å². The normalized spacial score (nSPS) is 32.3. The van der Waals surface area contributed by atoms with Crippen molar-refractivity contribution in [1.82, 2.24) is 4.90 Å². The van der Waals surface area contributed by atoms with Crippen molar-refractivity contribution >= 4 is 5.91 Å². The number of morpholine rings is 1. The molecule has 0 aromatic rings. The monoisotopic (exact) mass is 276 g/mol. The van der Waals surface area contributed by atoms with E-state index in [9.17, 15) is 13.6 Å². The van der Waals surface area contributed by atoms with E-state index in [2.05, 4.69) is 0 Å². The number of halogens is 2. The predicted octanol–water partition coefficient (Wildman–Crippen LogP) is 1.39. The van der Waals surface area contributed by atoms with Crippen LogP contribution in [0.1, 0.15) is 32.6 Å². The molecule has 1 aliphatic carbocycles. The Hall–Kier alpha value is -0.750. The molecule has 0 aromatic carbocycles. The third kappa shape index (κ3) is 3.63. The molecule has 2 N–H and O–H groups in total. The van der Waals surface area contributed by atoms with Crippen molar-refractivity contribution in [2.75, 3.05) is 19.6 Å². The summed E-state index contributed by atoms with van der Waals surface area (Å²) in [7, 11) is 0. The molecule has 1 aliphatic heterocycles. The zero-order chi connectivity index (χ0) is 14.0. The first-order valence-electron chi connectivity index (χ1n) is 6.93. The molecule has 1 amide bonds.